The zero-order valence-corrected chi connectivity index (χ0v) is 10.1. The normalized spacial score (nSPS) is 22.1. The molecule has 1 atom stereocenters. The van der Waals surface area contributed by atoms with Crippen molar-refractivity contribution in [2.75, 3.05) is 13.7 Å². The first kappa shape index (κ1) is 12.0. The molecular formula is C12H25NO. The third kappa shape index (κ3) is 2.96. The van der Waals surface area contributed by atoms with Gasteiger partial charge in [0.2, 0.25) is 0 Å². The fourth-order valence-corrected chi connectivity index (χ4v) is 1.94. The fraction of sp³-hybridized carbons (Fsp3) is 1.00. The van der Waals surface area contributed by atoms with Crippen LogP contribution in [0.5, 0.6) is 0 Å². The lowest BCUT2D eigenvalue weighted by atomic mass is 9.78. The highest BCUT2D eigenvalue weighted by atomic mass is 16.5. The monoisotopic (exact) mass is 199 g/mol. The third-order valence-corrected chi connectivity index (χ3v) is 3.88. The lowest BCUT2D eigenvalue weighted by Gasteiger charge is -2.32. The van der Waals surface area contributed by atoms with Gasteiger partial charge in [0.15, 0.2) is 0 Å². The van der Waals surface area contributed by atoms with Crippen molar-refractivity contribution in [1.82, 2.24) is 0 Å². The van der Waals surface area contributed by atoms with Gasteiger partial charge >= 0.3 is 0 Å². The molecule has 0 bridgehead atoms. The second kappa shape index (κ2) is 4.19. The first-order valence-corrected chi connectivity index (χ1v) is 5.69. The van der Waals surface area contributed by atoms with Gasteiger partial charge in [0.25, 0.3) is 0 Å². The molecule has 0 aromatic rings. The first-order chi connectivity index (χ1) is 6.43. The Morgan fingerprint density at radius 2 is 1.79 bits per heavy atom. The summed E-state index contributed by atoms with van der Waals surface area (Å²) < 4.78 is 5.44. The number of nitrogens with two attached hydrogens (primary N) is 1. The highest BCUT2D eigenvalue weighted by Crippen LogP contribution is 2.48. The molecule has 84 valence electrons. The Morgan fingerprint density at radius 3 is 2.14 bits per heavy atom. The molecule has 0 aromatic carbocycles. The average Bonchev–Trinajstić information content (AvgIpc) is 2.98. The molecule has 0 saturated heterocycles. The topological polar surface area (TPSA) is 35.2 Å². The van der Waals surface area contributed by atoms with Crippen LogP contribution in [0.25, 0.3) is 0 Å². The molecular weight excluding hydrogens is 174 g/mol. The van der Waals surface area contributed by atoms with E-state index in [2.05, 4.69) is 20.8 Å². The van der Waals surface area contributed by atoms with Crippen LogP contribution in [0.15, 0.2) is 0 Å². The summed E-state index contributed by atoms with van der Waals surface area (Å²) in [4.78, 5) is 0. The summed E-state index contributed by atoms with van der Waals surface area (Å²) in [5.74, 6) is 0.875. The minimum atomic E-state index is 0.00528. The lowest BCUT2D eigenvalue weighted by molar-refractivity contribution is 0.00349. The second-order valence-corrected chi connectivity index (χ2v) is 5.60. The zero-order chi connectivity index (χ0) is 10.8. The van der Waals surface area contributed by atoms with Gasteiger partial charge in [-0.15, -0.1) is 0 Å². The van der Waals surface area contributed by atoms with Crippen LogP contribution in [0, 0.1) is 11.3 Å². The van der Waals surface area contributed by atoms with Gasteiger partial charge in [-0.1, -0.05) is 6.92 Å². The molecule has 2 N–H and O–H groups in total. The van der Waals surface area contributed by atoms with E-state index in [1.165, 1.54) is 19.3 Å². The van der Waals surface area contributed by atoms with Crippen molar-refractivity contribution in [1.29, 1.82) is 0 Å². The molecule has 2 heteroatoms. The molecule has 1 saturated carbocycles. The van der Waals surface area contributed by atoms with Crippen molar-refractivity contribution in [3.05, 3.63) is 0 Å². The summed E-state index contributed by atoms with van der Waals surface area (Å²) >= 11 is 0. The maximum Gasteiger partial charge on any atom is 0.0623 e. The van der Waals surface area contributed by atoms with E-state index in [-0.39, 0.29) is 5.60 Å². The zero-order valence-electron chi connectivity index (χ0n) is 10.1. The number of methoxy groups -OCH3 is 1. The average molecular weight is 199 g/mol. The van der Waals surface area contributed by atoms with Gasteiger partial charge in [-0.05, 0) is 57.4 Å². The lowest BCUT2D eigenvalue weighted by Crippen LogP contribution is -2.33. The van der Waals surface area contributed by atoms with Crippen molar-refractivity contribution in [3.63, 3.8) is 0 Å². The molecule has 0 aromatic heterocycles. The van der Waals surface area contributed by atoms with E-state index in [0.29, 0.717) is 5.41 Å². The van der Waals surface area contributed by atoms with E-state index < -0.39 is 0 Å². The minimum absolute atomic E-state index is 0.00528. The number of hydrogen-bond acceptors (Lipinski definition) is 2. The van der Waals surface area contributed by atoms with E-state index in [9.17, 15) is 0 Å². The molecule has 1 fully saturated rings. The molecule has 0 spiro atoms. The number of rotatable bonds is 6. The molecule has 0 radical (unpaired) electrons. The van der Waals surface area contributed by atoms with Crippen molar-refractivity contribution in [2.24, 2.45) is 17.1 Å². The van der Waals surface area contributed by atoms with Gasteiger partial charge in [-0.2, -0.15) is 0 Å². The van der Waals surface area contributed by atoms with Crippen LogP contribution in [0.4, 0.5) is 0 Å². The Bertz CT molecular complexity index is 187. The van der Waals surface area contributed by atoms with Crippen LogP contribution in [-0.2, 0) is 4.74 Å². The highest BCUT2D eigenvalue weighted by molar-refractivity contribution is 4.92. The summed E-state index contributed by atoms with van der Waals surface area (Å²) in [6.07, 6.45) is 5.05. The molecule has 1 rings (SSSR count). The van der Waals surface area contributed by atoms with Crippen molar-refractivity contribution < 1.29 is 4.74 Å². The fourth-order valence-electron chi connectivity index (χ4n) is 1.94. The smallest absolute Gasteiger partial charge is 0.0623 e. The maximum atomic E-state index is 5.88. The van der Waals surface area contributed by atoms with Gasteiger partial charge in [0.1, 0.15) is 0 Å². The first-order valence-electron chi connectivity index (χ1n) is 5.69. The standard InChI is InChI=1S/C12H25NO/c1-11(2,14-4)7-8-12(3,9-13)10-5-6-10/h10H,5-9,13H2,1-4H3. The SMILES string of the molecule is COC(C)(C)CCC(C)(CN)C1CC1. The molecule has 1 aliphatic rings. The molecule has 0 heterocycles. The number of ether oxygens (including phenoxy) is 1. The minimum Gasteiger partial charge on any atom is -0.379 e. The Morgan fingerprint density at radius 1 is 1.21 bits per heavy atom. The molecule has 0 amide bonds. The van der Waals surface area contributed by atoms with Crippen LogP contribution < -0.4 is 5.73 Å². The van der Waals surface area contributed by atoms with Gasteiger partial charge < -0.3 is 10.5 Å². The summed E-state index contributed by atoms with van der Waals surface area (Å²) in [7, 11) is 1.79. The van der Waals surface area contributed by atoms with E-state index in [1.807, 2.05) is 0 Å². The van der Waals surface area contributed by atoms with E-state index in [0.717, 1.165) is 18.9 Å². The maximum absolute atomic E-state index is 5.88. The Hall–Kier alpha value is -0.0800. The van der Waals surface area contributed by atoms with Gasteiger partial charge in [-0.25, -0.2) is 0 Å². The van der Waals surface area contributed by atoms with Crippen molar-refractivity contribution in [2.45, 2.75) is 52.1 Å². The van der Waals surface area contributed by atoms with E-state index >= 15 is 0 Å². The molecule has 14 heavy (non-hydrogen) atoms. The molecule has 1 unspecified atom stereocenters. The van der Waals surface area contributed by atoms with E-state index in [1.54, 1.807) is 7.11 Å². The summed E-state index contributed by atoms with van der Waals surface area (Å²) in [5, 5.41) is 0. The highest BCUT2D eigenvalue weighted by Gasteiger charge is 2.40. The second-order valence-electron chi connectivity index (χ2n) is 5.60. The van der Waals surface area contributed by atoms with Gasteiger partial charge in [0.05, 0.1) is 5.60 Å². The van der Waals surface area contributed by atoms with Crippen molar-refractivity contribution >= 4 is 0 Å². The Labute approximate surface area is 88.2 Å². The van der Waals surface area contributed by atoms with Gasteiger partial charge in [-0.3, -0.25) is 0 Å². The van der Waals surface area contributed by atoms with Gasteiger partial charge in [0, 0.05) is 7.11 Å². The molecule has 0 aliphatic heterocycles. The van der Waals surface area contributed by atoms with Crippen LogP contribution in [0.3, 0.4) is 0 Å². The molecule has 2 nitrogen and oxygen atoms in total. The Kier molecular flexibility index (Phi) is 3.59. The van der Waals surface area contributed by atoms with Crippen molar-refractivity contribution in [3.8, 4) is 0 Å². The quantitative estimate of drug-likeness (QED) is 0.713. The summed E-state index contributed by atoms with van der Waals surface area (Å²) in [6, 6.07) is 0. The number of hydrogen-bond donors (Lipinski definition) is 1. The predicted molar refractivity (Wildman–Crippen MR) is 60.2 cm³/mol. The van der Waals surface area contributed by atoms with Crippen LogP contribution in [0.2, 0.25) is 0 Å². The Balaban J connectivity index is 2.41. The van der Waals surface area contributed by atoms with Crippen LogP contribution in [-0.4, -0.2) is 19.3 Å². The predicted octanol–water partition coefficient (Wildman–Crippen LogP) is 2.57. The van der Waals surface area contributed by atoms with E-state index in [4.69, 9.17) is 10.5 Å². The van der Waals surface area contributed by atoms with Crippen LogP contribution in [0.1, 0.15) is 46.5 Å². The third-order valence-electron chi connectivity index (χ3n) is 3.88. The molecule has 1 aliphatic carbocycles. The summed E-state index contributed by atoms with van der Waals surface area (Å²) in [6.45, 7) is 7.45. The summed E-state index contributed by atoms with van der Waals surface area (Å²) in [5.41, 5.74) is 6.24. The largest absolute Gasteiger partial charge is 0.379 e. The van der Waals surface area contributed by atoms with Crippen LogP contribution >= 0.6 is 0 Å².